The summed E-state index contributed by atoms with van der Waals surface area (Å²) in [6, 6.07) is 21.8. The zero-order chi connectivity index (χ0) is 29.3. The van der Waals surface area contributed by atoms with Crippen molar-refractivity contribution in [2.24, 2.45) is 0 Å². The van der Waals surface area contributed by atoms with E-state index in [2.05, 4.69) is 5.32 Å². The van der Waals surface area contributed by atoms with Crippen LogP contribution in [0.2, 0.25) is 5.02 Å². The molecule has 9 heteroatoms. The number of nitrogens with one attached hydrogen (secondary N) is 1. The van der Waals surface area contributed by atoms with Crippen molar-refractivity contribution < 1.29 is 18.0 Å². The van der Waals surface area contributed by atoms with E-state index < -0.39 is 28.5 Å². The molecule has 0 spiro atoms. The first-order chi connectivity index (χ1) is 19.1. The van der Waals surface area contributed by atoms with Gasteiger partial charge in [0.15, 0.2) is 0 Å². The Hall–Kier alpha value is -3.36. The molecule has 0 saturated carbocycles. The number of anilines is 1. The minimum Gasteiger partial charge on any atom is -0.352 e. The van der Waals surface area contributed by atoms with E-state index in [0.29, 0.717) is 29.1 Å². The highest BCUT2D eigenvalue weighted by molar-refractivity contribution is 7.92. The van der Waals surface area contributed by atoms with E-state index in [4.69, 9.17) is 11.6 Å². The van der Waals surface area contributed by atoms with Gasteiger partial charge in [0, 0.05) is 17.6 Å². The monoisotopic (exact) mass is 583 g/mol. The number of hydrogen-bond acceptors (Lipinski definition) is 4. The first-order valence-corrected chi connectivity index (χ1v) is 15.4. The Bertz CT molecular complexity index is 1380. The number of sulfonamides is 1. The molecule has 1 N–H and O–H groups in total. The number of amides is 2. The maximum absolute atomic E-state index is 14.1. The number of nitrogens with zero attached hydrogens (tertiary/aromatic N) is 2. The fraction of sp³-hybridized carbons (Fsp3) is 0.355. The van der Waals surface area contributed by atoms with Crippen LogP contribution in [0, 0.1) is 6.92 Å². The van der Waals surface area contributed by atoms with Crippen LogP contribution in [0.25, 0.3) is 0 Å². The lowest BCUT2D eigenvalue weighted by Gasteiger charge is -2.34. The topological polar surface area (TPSA) is 86.8 Å². The molecule has 0 aliphatic carbocycles. The summed E-state index contributed by atoms with van der Waals surface area (Å²) in [7, 11) is -4.12. The van der Waals surface area contributed by atoms with Crippen LogP contribution in [-0.2, 0) is 26.0 Å². The van der Waals surface area contributed by atoms with Gasteiger partial charge in [-0.15, -0.1) is 0 Å². The highest BCUT2D eigenvalue weighted by Crippen LogP contribution is 2.29. The molecular formula is C31H38ClN3O4S. The Labute approximate surface area is 243 Å². The van der Waals surface area contributed by atoms with Gasteiger partial charge in [0.1, 0.15) is 12.6 Å². The first kappa shape index (κ1) is 31.2. The van der Waals surface area contributed by atoms with Gasteiger partial charge in [0.25, 0.3) is 10.0 Å². The summed E-state index contributed by atoms with van der Waals surface area (Å²) in [5, 5.41) is 3.45. The molecule has 0 aliphatic rings. The summed E-state index contributed by atoms with van der Waals surface area (Å²) >= 11 is 6.17. The van der Waals surface area contributed by atoms with Crippen molar-refractivity contribution >= 4 is 39.1 Å². The minimum atomic E-state index is -4.12. The lowest BCUT2D eigenvalue weighted by Crippen LogP contribution is -2.54. The third kappa shape index (κ3) is 7.86. The Morgan fingerprint density at radius 2 is 1.55 bits per heavy atom. The largest absolute Gasteiger partial charge is 0.352 e. The number of aryl methyl sites for hydroxylation is 1. The summed E-state index contributed by atoms with van der Waals surface area (Å²) in [5.74, 6) is -0.714. The molecule has 3 aromatic carbocycles. The molecule has 2 amide bonds. The second kappa shape index (κ2) is 14.3. The average molecular weight is 584 g/mol. The SMILES string of the molecule is CC[C@@H](C)NC(=O)[C@H](CC)N(CCc1ccccc1)C(=O)CN(c1ccc(Cl)cc1C)S(=O)(=O)c1ccccc1. The second-order valence-corrected chi connectivity index (χ2v) is 12.1. The van der Waals surface area contributed by atoms with Crippen LogP contribution < -0.4 is 9.62 Å². The molecule has 2 atom stereocenters. The van der Waals surface area contributed by atoms with Crippen LogP contribution in [0.3, 0.4) is 0 Å². The van der Waals surface area contributed by atoms with Crippen molar-refractivity contribution in [3.05, 3.63) is 95.0 Å². The Morgan fingerprint density at radius 3 is 2.12 bits per heavy atom. The fourth-order valence-corrected chi connectivity index (χ4v) is 6.20. The third-order valence-corrected chi connectivity index (χ3v) is 8.92. The minimum absolute atomic E-state index is 0.0562. The van der Waals surface area contributed by atoms with Crippen molar-refractivity contribution in [3.8, 4) is 0 Å². The summed E-state index contributed by atoms with van der Waals surface area (Å²) in [5.41, 5.74) is 1.97. The molecule has 3 rings (SSSR count). The molecule has 0 bridgehead atoms. The van der Waals surface area contributed by atoms with Gasteiger partial charge >= 0.3 is 0 Å². The van der Waals surface area contributed by atoms with Crippen LogP contribution in [0.4, 0.5) is 5.69 Å². The van der Waals surface area contributed by atoms with Crippen LogP contribution in [0.15, 0.2) is 83.8 Å². The van der Waals surface area contributed by atoms with E-state index >= 15 is 0 Å². The van der Waals surface area contributed by atoms with Crippen LogP contribution >= 0.6 is 11.6 Å². The molecular weight excluding hydrogens is 546 g/mol. The van der Waals surface area contributed by atoms with Crippen molar-refractivity contribution in [2.45, 2.75) is 63.9 Å². The van der Waals surface area contributed by atoms with Crippen LogP contribution in [0.1, 0.15) is 44.7 Å². The van der Waals surface area contributed by atoms with E-state index in [9.17, 15) is 18.0 Å². The number of rotatable bonds is 13. The normalized spacial score (nSPS) is 12.8. The van der Waals surface area contributed by atoms with E-state index in [1.54, 1.807) is 43.3 Å². The Kier molecular flexibility index (Phi) is 11.2. The van der Waals surface area contributed by atoms with Crippen molar-refractivity contribution in [2.75, 3.05) is 17.4 Å². The molecule has 0 radical (unpaired) electrons. The smallest absolute Gasteiger partial charge is 0.264 e. The predicted octanol–water partition coefficient (Wildman–Crippen LogP) is 5.61. The zero-order valence-electron chi connectivity index (χ0n) is 23.5. The Balaban J connectivity index is 2.03. The van der Waals surface area contributed by atoms with Gasteiger partial charge in [-0.3, -0.25) is 13.9 Å². The summed E-state index contributed by atoms with van der Waals surface area (Å²) < 4.78 is 28.9. The van der Waals surface area contributed by atoms with E-state index in [0.717, 1.165) is 16.3 Å². The number of carbonyl (C=O) groups excluding carboxylic acids is 2. The van der Waals surface area contributed by atoms with Gasteiger partial charge < -0.3 is 10.2 Å². The van der Waals surface area contributed by atoms with Crippen LogP contribution in [-0.4, -0.2) is 50.3 Å². The molecule has 0 unspecified atom stereocenters. The quantitative estimate of drug-likeness (QED) is 0.283. The van der Waals surface area contributed by atoms with E-state index in [1.165, 1.54) is 17.0 Å². The van der Waals surface area contributed by atoms with E-state index in [-0.39, 0.29) is 23.4 Å². The highest BCUT2D eigenvalue weighted by atomic mass is 35.5. The average Bonchev–Trinajstić information content (AvgIpc) is 2.95. The van der Waals surface area contributed by atoms with E-state index in [1.807, 2.05) is 51.1 Å². The summed E-state index contributed by atoms with van der Waals surface area (Å²) in [4.78, 5) is 29.0. The van der Waals surface area contributed by atoms with Gasteiger partial charge in [-0.25, -0.2) is 8.42 Å². The third-order valence-electron chi connectivity index (χ3n) is 6.91. The number of benzene rings is 3. The molecule has 40 heavy (non-hydrogen) atoms. The lowest BCUT2D eigenvalue weighted by molar-refractivity contribution is -0.139. The Morgan fingerprint density at radius 1 is 0.925 bits per heavy atom. The summed E-state index contributed by atoms with van der Waals surface area (Å²) in [6.07, 6.45) is 1.65. The molecule has 0 aromatic heterocycles. The van der Waals surface area contributed by atoms with Crippen molar-refractivity contribution in [3.63, 3.8) is 0 Å². The molecule has 0 heterocycles. The number of carbonyl (C=O) groups is 2. The van der Waals surface area contributed by atoms with Crippen LogP contribution in [0.5, 0.6) is 0 Å². The molecule has 0 fully saturated rings. The van der Waals surface area contributed by atoms with Gasteiger partial charge in [-0.1, -0.05) is 74.0 Å². The predicted molar refractivity (Wildman–Crippen MR) is 161 cm³/mol. The number of halogens is 1. The molecule has 0 saturated heterocycles. The van der Waals surface area contributed by atoms with Gasteiger partial charge in [0.2, 0.25) is 11.8 Å². The maximum atomic E-state index is 14.1. The lowest BCUT2D eigenvalue weighted by atomic mass is 10.1. The zero-order valence-corrected chi connectivity index (χ0v) is 25.1. The maximum Gasteiger partial charge on any atom is 0.264 e. The fourth-order valence-electron chi connectivity index (χ4n) is 4.47. The molecule has 7 nitrogen and oxygen atoms in total. The van der Waals surface area contributed by atoms with Gasteiger partial charge in [-0.05, 0) is 74.6 Å². The van der Waals surface area contributed by atoms with Crippen molar-refractivity contribution in [1.29, 1.82) is 0 Å². The van der Waals surface area contributed by atoms with Crippen molar-refractivity contribution in [1.82, 2.24) is 10.2 Å². The molecule has 0 aliphatic heterocycles. The standard InChI is InChI=1S/C31H38ClN3O4S/c1-5-24(4)33-31(37)28(6-2)34(20-19-25-13-9-7-10-14-25)30(36)22-35(29-18-17-26(32)21-23(29)3)40(38,39)27-15-11-8-12-16-27/h7-18,21,24,28H,5-6,19-20,22H2,1-4H3,(H,33,37)/t24-,28+/m1/s1. The molecule has 214 valence electrons. The first-order valence-electron chi connectivity index (χ1n) is 13.6. The highest BCUT2D eigenvalue weighted by Gasteiger charge is 2.34. The van der Waals surface area contributed by atoms with Gasteiger partial charge in [-0.2, -0.15) is 0 Å². The van der Waals surface area contributed by atoms with Gasteiger partial charge in [0.05, 0.1) is 10.6 Å². The summed E-state index contributed by atoms with van der Waals surface area (Å²) in [6.45, 7) is 7.28. The second-order valence-electron chi connectivity index (χ2n) is 9.82. The molecule has 3 aromatic rings. The number of hydrogen-bond donors (Lipinski definition) is 1.